The Morgan fingerprint density at radius 3 is 2.58 bits per heavy atom. The summed E-state index contributed by atoms with van der Waals surface area (Å²) in [6, 6.07) is 2.69. The molecule has 1 aromatic rings. The normalized spacial score (nSPS) is 14.8. The average Bonchev–Trinajstić information content (AvgIpc) is 2.42. The van der Waals surface area contributed by atoms with Crippen LogP contribution in [0.4, 0.5) is 20.6 Å². The summed E-state index contributed by atoms with van der Waals surface area (Å²) >= 11 is 3.13. The Labute approximate surface area is 149 Å². The van der Waals surface area contributed by atoms with Crippen molar-refractivity contribution in [1.82, 2.24) is 4.90 Å². The number of hydrogen-bond acceptors (Lipinski definition) is 4. The van der Waals surface area contributed by atoms with Crippen LogP contribution in [0.5, 0.6) is 0 Å². The summed E-state index contributed by atoms with van der Waals surface area (Å²) in [4.78, 5) is 26.6. The molecule has 132 valence electrons. The van der Waals surface area contributed by atoms with Crippen LogP contribution in [-0.2, 0) is 9.53 Å². The standard InChI is InChI=1S/C16H21BrFN3O3/c1-16(2,3)24-15(23)20-7-10(8-20)21(9-22)14-5-11(17)12(18)6-13(14)19-4/h5-6,9-10,19H,7-8H2,1-4H3. The number of halogens is 2. The smallest absolute Gasteiger partial charge is 0.410 e. The second kappa shape index (κ2) is 6.96. The maximum atomic E-state index is 13.7. The van der Waals surface area contributed by atoms with Gasteiger partial charge >= 0.3 is 6.09 Å². The molecule has 2 rings (SSSR count). The first-order chi connectivity index (χ1) is 11.2. The van der Waals surface area contributed by atoms with Crippen LogP contribution < -0.4 is 10.2 Å². The summed E-state index contributed by atoms with van der Waals surface area (Å²) in [5.74, 6) is -0.419. The van der Waals surface area contributed by atoms with Gasteiger partial charge in [-0.15, -0.1) is 0 Å². The van der Waals surface area contributed by atoms with Crippen LogP contribution >= 0.6 is 15.9 Å². The van der Waals surface area contributed by atoms with Crippen molar-refractivity contribution in [2.24, 2.45) is 0 Å². The Morgan fingerprint density at radius 2 is 2.08 bits per heavy atom. The number of rotatable bonds is 4. The van der Waals surface area contributed by atoms with Crippen molar-refractivity contribution >= 4 is 39.8 Å². The van der Waals surface area contributed by atoms with E-state index in [4.69, 9.17) is 4.74 Å². The molecule has 0 saturated carbocycles. The number of amides is 2. The summed E-state index contributed by atoms with van der Waals surface area (Å²) in [6.45, 7) is 6.14. The highest BCUT2D eigenvalue weighted by Crippen LogP contribution is 2.33. The first kappa shape index (κ1) is 18.5. The van der Waals surface area contributed by atoms with Crippen molar-refractivity contribution in [2.75, 3.05) is 30.4 Å². The van der Waals surface area contributed by atoms with Crippen LogP contribution in [0.15, 0.2) is 16.6 Å². The number of anilines is 2. The van der Waals surface area contributed by atoms with Gasteiger partial charge < -0.3 is 19.9 Å². The largest absolute Gasteiger partial charge is 0.444 e. The van der Waals surface area contributed by atoms with Crippen LogP contribution in [0.25, 0.3) is 0 Å². The first-order valence-electron chi connectivity index (χ1n) is 7.54. The molecule has 24 heavy (non-hydrogen) atoms. The minimum atomic E-state index is -0.562. The van der Waals surface area contributed by atoms with Gasteiger partial charge in [-0.2, -0.15) is 0 Å². The minimum absolute atomic E-state index is 0.181. The van der Waals surface area contributed by atoms with E-state index >= 15 is 0 Å². The van der Waals surface area contributed by atoms with Gasteiger partial charge in [0, 0.05) is 26.2 Å². The lowest BCUT2D eigenvalue weighted by Gasteiger charge is -2.44. The lowest BCUT2D eigenvalue weighted by atomic mass is 10.1. The summed E-state index contributed by atoms with van der Waals surface area (Å²) < 4.78 is 19.2. The molecule has 1 aliphatic heterocycles. The maximum absolute atomic E-state index is 13.7. The topological polar surface area (TPSA) is 61.9 Å². The number of ether oxygens (including phenoxy) is 1. The third-order valence-corrected chi connectivity index (χ3v) is 4.21. The zero-order chi connectivity index (χ0) is 18.1. The van der Waals surface area contributed by atoms with E-state index in [0.717, 1.165) is 0 Å². The third-order valence-electron chi connectivity index (χ3n) is 3.61. The average molecular weight is 402 g/mol. The van der Waals surface area contributed by atoms with Gasteiger partial charge in [-0.1, -0.05) is 0 Å². The molecule has 1 aromatic carbocycles. The fourth-order valence-electron chi connectivity index (χ4n) is 2.40. The van der Waals surface area contributed by atoms with E-state index in [9.17, 15) is 14.0 Å². The van der Waals surface area contributed by atoms with Crippen molar-refractivity contribution in [1.29, 1.82) is 0 Å². The van der Waals surface area contributed by atoms with Crippen LogP contribution in [0.3, 0.4) is 0 Å². The monoisotopic (exact) mass is 401 g/mol. The van der Waals surface area contributed by atoms with E-state index in [1.54, 1.807) is 33.9 Å². The highest BCUT2D eigenvalue weighted by molar-refractivity contribution is 9.10. The second-order valence-corrected chi connectivity index (χ2v) is 7.44. The van der Waals surface area contributed by atoms with Gasteiger partial charge in [0.25, 0.3) is 0 Å². The van der Waals surface area contributed by atoms with E-state index < -0.39 is 17.5 Å². The predicted octanol–water partition coefficient (Wildman–Crippen LogP) is 3.21. The molecular weight excluding hydrogens is 381 g/mol. The molecule has 1 N–H and O–H groups in total. The van der Waals surface area contributed by atoms with Gasteiger partial charge in [-0.05, 0) is 42.8 Å². The van der Waals surface area contributed by atoms with Gasteiger partial charge in [0.2, 0.25) is 6.41 Å². The number of carbonyl (C=O) groups excluding carboxylic acids is 2. The Morgan fingerprint density at radius 1 is 1.46 bits per heavy atom. The van der Waals surface area contributed by atoms with Crippen LogP contribution in [-0.4, -0.2) is 49.2 Å². The fraction of sp³-hybridized carbons (Fsp3) is 0.500. The van der Waals surface area contributed by atoms with Crippen LogP contribution in [0.1, 0.15) is 20.8 Å². The number of carbonyl (C=O) groups is 2. The number of hydrogen-bond donors (Lipinski definition) is 1. The summed E-state index contributed by atoms with van der Waals surface area (Å²) in [5.41, 5.74) is 0.487. The molecular formula is C16H21BrFN3O3. The molecule has 0 spiro atoms. The third kappa shape index (κ3) is 3.98. The molecule has 0 radical (unpaired) electrons. The highest BCUT2D eigenvalue weighted by atomic mass is 79.9. The van der Waals surface area contributed by atoms with Crippen molar-refractivity contribution in [2.45, 2.75) is 32.4 Å². The lowest BCUT2D eigenvalue weighted by Crippen LogP contribution is -2.61. The van der Waals surface area contributed by atoms with Crippen molar-refractivity contribution in [3.63, 3.8) is 0 Å². The van der Waals surface area contributed by atoms with E-state index in [1.165, 1.54) is 15.9 Å². The molecule has 2 amide bonds. The Bertz CT molecular complexity index is 642. The number of nitrogens with one attached hydrogen (secondary N) is 1. The van der Waals surface area contributed by atoms with E-state index in [1.807, 2.05) is 0 Å². The lowest BCUT2D eigenvalue weighted by molar-refractivity contribution is -0.108. The summed E-state index contributed by atoms with van der Waals surface area (Å²) in [6.07, 6.45) is 0.288. The number of nitrogens with zero attached hydrogens (tertiary/aromatic N) is 2. The number of likely N-dealkylation sites (tertiary alicyclic amines) is 1. The van der Waals surface area contributed by atoms with E-state index in [0.29, 0.717) is 30.9 Å². The fourth-order valence-corrected chi connectivity index (χ4v) is 2.73. The zero-order valence-corrected chi connectivity index (χ0v) is 15.7. The Hall–Kier alpha value is -1.83. The number of benzene rings is 1. The Kier molecular flexibility index (Phi) is 5.37. The summed E-state index contributed by atoms with van der Waals surface area (Å²) in [7, 11) is 1.66. The van der Waals surface area contributed by atoms with Crippen molar-refractivity contribution < 1.29 is 18.7 Å². The highest BCUT2D eigenvalue weighted by Gasteiger charge is 2.38. The van der Waals surface area contributed by atoms with Crippen molar-refractivity contribution in [3.8, 4) is 0 Å². The van der Waals surface area contributed by atoms with Gasteiger partial charge in [-0.25, -0.2) is 9.18 Å². The first-order valence-corrected chi connectivity index (χ1v) is 8.34. The molecule has 1 saturated heterocycles. The molecule has 1 aliphatic rings. The Balaban J connectivity index is 2.11. The molecule has 1 fully saturated rings. The predicted molar refractivity (Wildman–Crippen MR) is 93.8 cm³/mol. The quantitative estimate of drug-likeness (QED) is 0.786. The van der Waals surface area contributed by atoms with Crippen LogP contribution in [0.2, 0.25) is 0 Å². The van der Waals surface area contributed by atoms with Gasteiger partial charge in [0.05, 0.1) is 21.9 Å². The van der Waals surface area contributed by atoms with Gasteiger partial charge in [0.15, 0.2) is 0 Å². The molecule has 0 unspecified atom stereocenters. The van der Waals surface area contributed by atoms with E-state index in [-0.39, 0.29) is 10.5 Å². The van der Waals surface area contributed by atoms with Crippen LogP contribution in [0, 0.1) is 5.82 Å². The molecule has 0 atom stereocenters. The van der Waals surface area contributed by atoms with E-state index in [2.05, 4.69) is 21.2 Å². The summed E-state index contributed by atoms with van der Waals surface area (Å²) in [5, 5.41) is 2.88. The van der Waals surface area contributed by atoms with Gasteiger partial charge in [-0.3, -0.25) is 4.79 Å². The molecule has 1 heterocycles. The minimum Gasteiger partial charge on any atom is -0.444 e. The zero-order valence-electron chi connectivity index (χ0n) is 14.1. The maximum Gasteiger partial charge on any atom is 0.410 e. The SMILES string of the molecule is CNc1cc(F)c(Br)cc1N(C=O)C1CN(C(=O)OC(C)(C)C)C1. The molecule has 8 heteroatoms. The van der Waals surface area contributed by atoms with Gasteiger partial charge in [0.1, 0.15) is 11.4 Å². The second-order valence-electron chi connectivity index (χ2n) is 6.59. The molecule has 0 aliphatic carbocycles. The molecule has 0 bridgehead atoms. The van der Waals surface area contributed by atoms with Crippen molar-refractivity contribution in [3.05, 3.63) is 22.4 Å². The molecule has 6 nitrogen and oxygen atoms in total. The molecule has 0 aromatic heterocycles.